The zero-order valence-corrected chi connectivity index (χ0v) is 17.6. The van der Waals surface area contributed by atoms with E-state index in [1.807, 2.05) is 48.5 Å². The van der Waals surface area contributed by atoms with Gasteiger partial charge in [-0.3, -0.25) is 4.79 Å². The lowest BCUT2D eigenvalue weighted by molar-refractivity contribution is -0.121. The van der Waals surface area contributed by atoms with Crippen LogP contribution in [-0.4, -0.2) is 19.6 Å². The van der Waals surface area contributed by atoms with Gasteiger partial charge >= 0.3 is 0 Å². The Morgan fingerprint density at radius 1 is 1.11 bits per heavy atom. The number of methoxy groups -OCH3 is 1. The van der Waals surface area contributed by atoms with Crippen molar-refractivity contribution in [3.8, 4) is 11.5 Å². The van der Waals surface area contributed by atoms with Gasteiger partial charge in [-0.2, -0.15) is 0 Å². The first-order valence-corrected chi connectivity index (χ1v) is 9.36. The molecular formula is C22H31ClN2O3. The van der Waals surface area contributed by atoms with Gasteiger partial charge in [-0.15, -0.1) is 12.4 Å². The Kier molecular flexibility index (Phi) is 10.4. The molecule has 0 fully saturated rings. The van der Waals surface area contributed by atoms with E-state index in [1.54, 1.807) is 7.11 Å². The molecule has 28 heavy (non-hydrogen) atoms. The molecule has 0 radical (unpaired) electrons. The molecule has 1 unspecified atom stereocenters. The highest BCUT2D eigenvalue weighted by molar-refractivity contribution is 5.85. The topological polar surface area (TPSA) is 73.6 Å². The molecule has 0 saturated carbocycles. The summed E-state index contributed by atoms with van der Waals surface area (Å²) >= 11 is 0. The van der Waals surface area contributed by atoms with Crippen molar-refractivity contribution in [2.24, 2.45) is 11.7 Å². The highest BCUT2D eigenvalue weighted by Gasteiger charge is 2.12. The third-order valence-corrected chi connectivity index (χ3v) is 4.30. The van der Waals surface area contributed by atoms with E-state index in [4.69, 9.17) is 15.2 Å². The monoisotopic (exact) mass is 406 g/mol. The number of hydrogen-bond acceptors (Lipinski definition) is 4. The van der Waals surface area contributed by atoms with Crippen LogP contribution in [0.15, 0.2) is 48.5 Å². The van der Waals surface area contributed by atoms with Crippen LogP contribution in [0, 0.1) is 5.92 Å². The number of carbonyl (C=O) groups is 1. The molecule has 154 valence electrons. The Morgan fingerprint density at radius 2 is 1.82 bits per heavy atom. The second-order valence-corrected chi connectivity index (χ2v) is 7.01. The molecule has 0 aromatic heterocycles. The van der Waals surface area contributed by atoms with Gasteiger partial charge < -0.3 is 20.5 Å². The third kappa shape index (κ3) is 7.79. The standard InChI is InChI=1S/C22H30N2O3.ClH/c1-16(2)11-12-27-20-10-9-17(13-21(20)26-3)15-24-22(25)14-19(23)18-7-5-4-6-8-18;/h4-10,13,16,19H,11-12,14-15,23H2,1-3H3,(H,24,25);1H. The summed E-state index contributed by atoms with van der Waals surface area (Å²) in [6, 6.07) is 15.0. The molecule has 2 aromatic rings. The van der Waals surface area contributed by atoms with Crippen molar-refractivity contribution in [1.82, 2.24) is 5.32 Å². The van der Waals surface area contributed by atoms with Crippen LogP contribution in [0.3, 0.4) is 0 Å². The third-order valence-electron chi connectivity index (χ3n) is 4.30. The molecule has 0 heterocycles. The number of carbonyl (C=O) groups excluding carboxylic acids is 1. The van der Waals surface area contributed by atoms with Gasteiger partial charge in [-0.1, -0.05) is 50.2 Å². The Bertz CT molecular complexity index is 723. The number of ether oxygens (including phenoxy) is 2. The van der Waals surface area contributed by atoms with Gasteiger partial charge in [-0.05, 0) is 35.6 Å². The molecule has 0 aliphatic heterocycles. The number of rotatable bonds is 10. The molecule has 5 nitrogen and oxygen atoms in total. The zero-order valence-electron chi connectivity index (χ0n) is 16.8. The zero-order chi connectivity index (χ0) is 19.6. The second kappa shape index (κ2) is 12.3. The van der Waals surface area contributed by atoms with Gasteiger partial charge in [0.25, 0.3) is 0 Å². The van der Waals surface area contributed by atoms with Crippen LogP contribution in [0.4, 0.5) is 0 Å². The number of hydrogen-bond donors (Lipinski definition) is 2. The minimum absolute atomic E-state index is 0. The van der Waals surface area contributed by atoms with Gasteiger partial charge in [0.1, 0.15) is 0 Å². The van der Waals surface area contributed by atoms with Crippen molar-refractivity contribution in [3.05, 3.63) is 59.7 Å². The van der Waals surface area contributed by atoms with Crippen molar-refractivity contribution in [2.75, 3.05) is 13.7 Å². The molecule has 0 saturated heterocycles. The minimum Gasteiger partial charge on any atom is -0.493 e. The summed E-state index contributed by atoms with van der Waals surface area (Å²) in [5.74, 6) is 1.90. The predicted octanol–water partition coefficient (Wildman–Crippen LogP) is 4.25. The van der Waals surface area contributed by atoms with Crippen molar-refractivity contribution in [3.63, 3.8) is 0 Å². The summed E-state index contributed by atoms with van der Waals surface area (Å²) in [6.07, 6.45) is 1.24. The average Bonchev–Trinajstić information content (AvgIpc) is 2.67. The quantitative estimate of drug-likeness (QED) is 0.618. The van der Waals surface area contributed by atoms with E-state index in [0.717, 1.165) is 23.3 Å². The van der Waals surface area contributed by atoms with Gasteiger partial charge in [0.2, 0.25) is 5.91 Å². The van der Waals surface area contributed by atoms with E-state index in [9.17, 15) is 4.79 Å². The molecule has 0 spiro atoms. The van der Waals surface area contributed by atoms with E-state index in [-0.39, 0.29) is 30.8 Å². The van der Waals surface area contributed by atoms with Crippen LogP contribution in [0.2, 0.25) is 0 Å². The Balaban J connectivity index is 0.00000392. The van der Waals surface area contributed by atoms with E-state index < -0.39 is 0 Å². The maximum Gasteiger partial charge on any atom is 0.222 e. The summed E-state index contributed by atoms with van der Waals surface area (Å²) in [5, 5.41) is 2.91. The van der Waals surface area contributed by atoms with Crippen LogP contribution >= 0.6 is 12.4 Å². The molecule has 3 N–H and O–H groups in total. The summed E-state index contributed by atoms with van der Waals surface area (Å²) in [6.45, 7) is 5.40. The largest absolute Gasteiger partial charge is 0.493 e. The fourth-order valence-electron chi connectivity index (χ4n) is 2.64. The number of nitrogens with two attached hydrogens (primary N) is 1. The molecule has 2 aromatic carbocycles. The molecule has 1 atom stereocenters. The van der Waals surface area contributed by atoms with E-state index in [0.29, 0.717) is 24.8 Å². The lowest BCUT2D eigenvalue weighted by Crippen LogP contribution is -2.27. The Labute approximate surface area is 174 Å². The second-order valence-electron chi connectivity index (χ2n) is 7.01. The number of benzene rings is 2. The van der Waals surface area contributed by atoms with Gasteiger partial charge in [0.15, 0.2) is 11.5 Å². The molecule has 1 amide bonds. The highest BCUT2D eigenvalue weighted by Crippen LogP contribution is 2.28. The van der Waals surface area contributed by atoms with Crippen LogP contribution in [-0.2, 0) is 11.3 Å². The number of halogens is 1. The SMILES string of the molecule is COc1cc(CNC(=O)CC(N)c2ccccc2)ccc1OCCC(C)C.Cl. The number of amides is 1. The van der Waals surface area contributed by atoms with E-state index in [2.05, 4.69) is 19.2 Å². The maximum atomic E-state index is 12.2. The van der Waals surface area contributed by atoms with E-state index in [1.165, 1.54) is 0 Å². The summed E-state index contributed by atoms with van der Waals surface area (Å²) in [5.41, 5.74) is 8.01. The fourth-order valence-corrected chi connectivity index (χ4v) is 2.64. The fraction of sp³-hybridized carbons (Fsp3) is 0.409. The van der Waals surface area contributed by atoms with Crippen LogP contribution in [0.25, 0.3) is 0 Å². The van der Waals surface area contributed by atoms with Crippen LogP contribution in [0.1, 0.15) is 43.9 Å². The van der Waals surface area contributed by atoms with Gasteiger partial charge in [0.05, 0.1) is 13.7 Å². The molecule has 6 heteroatoms. The highest BCUT2D eigenvalue weighted by atomic mass is 35.5. The predicted molar refractivity (Wildman–Crippen MR) is 115 cm³/mol. The molecule has 0 aliphatic rings. The normalized spacial score (nSPS) is 11.5. The van der Waals surface area contributed by atoms with Gasteiger partial charge in [0, 0.05) is 19.0 Å². The van der Waals surface area contributed by atoms with Crippen molar-refractivity contribution in [2.45, 2.75) is 39.3 Å². The summed E-state index contributed by atoms with van der Waals surface area (Å²) in [4.78, 5) is 12.2. The average molecular weight is 407 g/mol. The molecule has 0 bridgehead atoms. The lowest BCUT2D eigenvalue weighted by atomic mass is 10.0. The minimum atomic E-state index is -0.308. The Hall–Kier alpha value is -2.24. The first kappa shape index (κ1) is 23.8. The van der Waals surface area contributed by atoms with Crippen molar-refractivity contribution in [1.29, 1.82) is 0 Å². The van der Waals surface area contributed by atoms with Crippen LogP contribution in [0.5, 0.6) is 11.5 Å². The summed E-state index contributed by atoms with van der Waals surface area (Å²) in [7, 11) is 1.62. The van der Waals surface area contributed by atoms with Crippen molar-refractivity contribution < 1.29 is 14.3 Å². The van der Waals surface area contributed by atoms with Crippen LogP contribution < -0.4 is 20.5 Å². The van der Waals surface area contributed by atoms with Gasteiger partial charge in [-0.25, -0.2) is 0 Å². The van der Waals surface area contributed by atoms with Crippen molar-refractivity contribution >= 4 is 18.3 Å². The maximum absolute atomic E-state index is 12.2. The first-order valence-electron chi connectivity index (χ1n) is 9.36. The Morgan fingerprint density at radius 3 is 2.46 bits per heavy atom. The lowest BCUT2D eigenvalue weighted by Gasteiger charge is -2.14. The molecule has 0 aliphatic carbocycles. The molecule has 2 rings (SSSR count). The number of nitrogens with one attached hydrogen (secondary N) is 1. The smallest absolute Gasteiger partial charge is 0.222 e. The summed E-state index contributed by atoms with van der Waals surface area (Å²) < 4.78 is 11.2. The molecular weight excluding hydrogens is 376 g/mol. The first-order chi connectivity index (χ1) is 13.0. The van der Waals surface area contributed by atoms with E-state index >= 15 is 0 Å².